The largest absolute Gasteiger partial charge is 0.439 e. The van der Waals surface area contributed by atoms with Gasteiger partial charge in [0.25, 0.3) is 11.2 Å². The molecule has 0 radical (unpaired) electrons. The second-order valence-corrected chi connectivity index (χ2v) is 5.00. The number of nitrogens with zero attached hydrogens (tertiary/aromatic N) is 6. The van der Waals surface area contributed by atoms with Crippen LogP contribution in [0.1, 0.15) is 12.6 Å². The lowest BCUT2D eigenvalue weighted by Gasteiger charge is -2.06. The zero-order valence-corrected chi connectivity index (χ0v) is 12.3. The van der Waals surface area contributed by atoms with Gasteiger partial charge in [-0.15, -0.1) is 0 Å². The number of hydrogen-bond acceptors (Lipinski definition) is 8. The number of aromatic nitrogens is 6. The molecule has 0 unspecified atom stereocenters. The molecule has 108 valence electrons. The van der Waals surface area contributed by atoms with Gasteiger partial charge in [-0.2, -0.15) is 20.1 Å². The zero-order valence-electron chi connectivity index (χ0n) is 11.5. The SMILES string of the molecule is CCNc1nc(Sc2nc(C)co2)nc(-n2cccn2)n1. The van der Waals surface area contributed by atoms with Crippen LogP contribution < -0.4 is 5.32 Å². The Morgan fingerprint density at radius 1 is 1.29 bits per heavy atom. The van der Waals surface area contributed by atoms with E-state index >= 15 is 0 Å². The van der Waals surface area contributed by atoms with Crippen LogP contribution in [0, 0.1) is 6.92 Å². The average molecular weight is 303 g/mol. The molecule has 0 aromatic carbocycles. The van der Waals surface area contributed by atoms with Crippen molar-refractivity contribution >= 4 is 17.7 Å². The molecule has 3 aromatic heterocycles. The summed E-state index contributed by atoms with van der Waals surface area (Å²) in [4.78, 5) is 17.2. The Kier molecular flexibility index (Phi) is 3.82. The van der Waals surface area contributed by atoms with Crippen molar-refractivity contribution in [2.45, 2.75) is 24.2 Å². The van der Waals surface area contributed by atoms with Gasteiger partial charge >= 0.3 is 0 Å². The first kappa shape index (κ1) is 13.6. The molecule has 1 N–H and O–H groups in total. The maximum atomic E-state index is 5.31. The summed E-state index contributed by atoms with van der Waals surface area (Å²) in [6.07, 6.45) is 5.03. The monoisotopic (exact) mass is 303 g/mol. The molecule has 8 nitrogen and oxygen atoms in total. The fraction of sp³-hybridized carbons (Fsp3) is 0.250. The molecule has 0 atom stereocenters. The number of rotatable bonds is 5. The van der Waals surface area contributed by atoms with Gasteiger partial charge in [-0.05, 0) is 19.9 Å². The molecule has 3 rings (SSSR count). The summed E-state index contributed by atoms with van der Waals surface area (Å²) in [5, 5.41) is 8.19. The normalized spacial score (nSPS) is 10.8. The van der Waals surface area contributed by atoms with E-state index in [-0.39, 0.29) is 0 Å². The minimum Gasteiger partial charge on any atom is -0.439 e. The molecular formula is C12H13N7OS. The molecule has 9 heteroatoms. The van der Waals surface area contributed by atoms with Crippen LogP contribution in [0.25, 0.3) is 5.95 Å². The molecule has 0 spiro atoms. The van der Waals surface area contributed by atoms with Crippen LogP contribution in [-0.4, -0.2) is 36.3 Å². The number of hydrogen-bond donors (Lipinski definition) is 1. The van der Waals surface area contributed by atoms with E-state index in [0.29, 0.717) is 28.8 Å². The van der Waals surface area contributed by atoms with E-state index in [9.17, 15) is 0 Å². The lowest BCUT2D eigenvalue weighted by atomic mass is 10.6. The van der Waals surface area contributed by atoms with Gasteiger partial charge in [0, 0.05) is 30.7 Å². The highest BCUT2D eigenvalue weighted by atomic mass is 32.2. The number of nitrogens with one attached hydrogen (secondary N) is 1. The Bertz CT molecular complexity index is 725. The summed E-state index contributed by atoms with van der Waals surface area (Å²) >= 11 is 1.24. The van der Waals surface area contributed by atoms with Crippen LogP contribution in [0.15, 0.2) is 39.5 Å². The van der Waals surface area contributed by atoms with Crippen LogP contribution in [0.2, 0.25) is 0 Å². The Labute approximate surface area is 125 Å². The summed E-state index contributed by atoms with van der Waals surface area (Å²) < 4.78 is 6.88. The van der Waals surface area contributed by atoms with Crippen LogP contribution in [0.5, 0.6) is 0 Å². The third kappa shape index (κ3) is 3.19. The Morgan fingerprint density at radius 3 is 2.86 bits per heavy atom. The van der Waals surface area contributed by atoms with Crippen molar-refractivity contribution in [3.8, 4) is 5.95 Å². The lowest BCUT2D eigenvalue weighted by molar-refractivity contribution is 0.453. The van der Waals surface area contributed by atoms with Crippen LogP contribution >= 0.6 is 11.8 Å². The number of aryl methyl sites for hydroxylation is 1. The van der Waals surface area contributed by atoms with E-state index in [1.165, 1.54) is 11.8 Å². The topological polar surface area (TPSA) is 94.6 Å². The van der Waals surface area contributed by atoms with Crippen molar-refractivity contribution in [2.75, 3.05) is 11.9 Å². The standard InChI is InChI=1S/C12H13N7OS/c1-3-13-9-16-10(19-6-4-5-14-19)18-11(17-9)21-12-15-8(2)7-20-12/h4-7H,3H2,1-2H3,(H,13,16,17,18). The van der Waals surface area contributed by atoms with E-state index < -0.39 is 0 Å². The van der Waals surface area contributed by atoms with Crippen molar-refractivity contribution < 1.29 is 4.42 Å². The highest BCUT2D eigenvalue weighted by molar-refractivity contribution is 7.98. The minimum atomic E-state index is 0.441. The first-order chi connectivity index (χ1) is 10.2. The summed E-state index contributed by atoms with van der Waals surface area (Å²) in [5.41, 5.74) is 0.811. The van der Waals surface area contributed by atoms with Crippen molar-refractivity contribution in [3.63, 3.8) is 0 Å². The Hall–Kier alpha value is -2.42. The third-order valence-corrected chi connectivity index (χ3v) is 3.15. The fourth-order valence-electron chi connectivity index (χ4n) is 1.58. The third-order valence-electron chi connectivity index (χ3n) is 2.42. The van der Waals surface area contributed by atoms with E-state index in [4.69, 9.17) is 4.42 Å². The molecule has 21 heavy (non-hydrogen) atoms. The van der Waals surface area contributed by atoms with Gasteiger partial charge in [0.2, 0.25) is 11.1 Å². The van der Waals surface area contributed by atoms with Gasteiger partial charge in [-0.1, -0.05) is 0 Å². The molecule has 3 aromatic rings. The molecular weight excluding hydrogens is 290 g/mol. The quantitative estimate of drug-likeness (QED) is 0.764. The van der Waals surface area contributed by atoms with E-state index in [1.807, 2.05) is 13.8 Å². The minimum absolute atomic E-state index is 0.441. The first-order valence-electron chi connectivity index (χ1n) is 6.34. The highest BCUT2D eigenvalue weighted by Crippen LogP contribution is 2.24. The second kappa shape index (κ2) is 5.92. The summed E-state index contributed by atoms with van der Waals surface area (Å²) in [6.45, 7) is 4.55. The van der Waals surface area contributed by atoms with E-state index in [1.54, 1.807) is 29.4 Å². The predicted molar refractivity (Wildman–Crippen MR) is 76.5 cm³/mol. The van der Waals surface area contributed by atoms with E-state index in [2.05, 4.69) is 30.4 Å². The van der Waals surface area contributed by atoms with Crippen molar-refractivity contribution in [3.05, 3.63) is 30.4 Å². The van der Waals surface area contributed by atoms with Crippen molar-refractivity contribution in [1.29, 1.82) is 0 Å². The fourth-order valence-corrected chi connectivity index (χ4v) is 2.28. The van der Waals surface area contributed by atoms with Crippen LogP contribution in [0.3, 0.4) is 0 Å². The molecule has 0 saturated carbocycles. The molecule has 0 amide bonds. The van der Waals surface area contributed by atoms with E-state index in [0.717, 1.165) is 5.69 Å². The van der Waals surface area contributed by atoms with Crippen molar-refractivity contribution in [1.82, 2.24) is 29.7 Å². The zero-order chi connectivity index (χ0) is 14.7. The molecule has 0 bridgehead atoms. The maximum Gasteiger partial charge on any atom is 0.263 e. The van der Waals surface area contributed by atoms with Crippen LogP contribution in [0.4, 0.5) is 5.95 Å². The van der Waals surface area contributed by atoms with Gasteiger partial charge in [0.15, 0.2) is 0 Å². The predicted octanol–water partition coefficient (Wildman–Crippen LogP) is 1.94. The molecule has 0 aliphatic carbocycles. The van der Waals surface area contributed by atoms with Gasteiger partial charge in [-0.3, -0.25) is 0 Å². The molecule has 0 aliphatic heterocycles. The van der Waals surface area contributed by atoms with Crippen LogP contribution in [-0.2, 0) is 0 Å². The molecule has 3 heterocycles. The summed E-state index contributed by atoms with van der Waals surface area (Å²) in [7, 11) is 0. The lowest BCUT2D eigenvalue weighted by Crippen LogP contribution is -2.09. The molecule has 0 fully saturated rings. The Balaban J connectivity index is 1.95. The molecule has 0 saturated heterocycles. The van der Waals surface area contributed by atoms with Gasteiger partial charge in [0.1, 0.15) is 6.26 Å². The maximum absolute atomic E-state index is 5.31. The number of oxazole rings is 1. The first-order valence-corrected chi connectivity index (χ1v) is 7.16. The highest BCUT2D eigenvalue weighted by Gasteiger charge is 2.12. The smallest absolute Gasteiger partial charge is 0.263 e. The second-order valence-electron chi connectivity index (χ2n) is 4.08. The van der Waals surface area contributed by atoms with Gasteiger partial charge < -0.3 is 9.73 Å². The summed E-state index contributed by atoms with van der Waals surface area (Å²) in [6, 6.07) is 1.81. The van der Waals surface area contributed by atoms with Crippen molar-refractivity contribution in [2.24, 2.45) is 0 Å². The molecule has 0 aliphatic rings. The number of anilines is 1. The van der Waals surface area contributed by atoms with Gasteiger partial charge in [-0.25, -0.2) is 9.67 Å². The van der Waals surface area contributed by atoms with Gasteiger partial charge in [0.05, 0.1) is 5.69 Å². The average Bonchev–Trinajstić information content (AvgIpc) is 3.11. The Morgan fingerprint density at radius 2 is 2.19 bits per heavy atom. The summed E-state index contributed by atoms with van der Waals surface area (Å²) in [5.74, 6) is 0.931.